The molecule has 4 heterocycles. The van der Waals surface area contributed by atoms with Gasteiger partial charge in [-0.2, -0.15) is 5.10 Å². The number of aromatic nitrogens is 4. The fourth-order valence-electron chi connectivity index (χ4n) is 5.28. The van der Waals surface area contributed by atoms with Gasteiger partial charge in [-0.25, -0.2) is 19.3 Å². The van der Waals surface area contributed by atoms with E-state index in [1.807, 2.05) is 31.4 Å². The molecule has 0 aliphatic carbocycles. The second kappa shape index (κ2) is 9.96. The minimum absolute atomic E-state index is 0.236. The van der Waals surface area contributed by atoms with Crippen LogP contribution in [0.4, 0.5) is 10.6 Å². The number of amides is 1. The van der Waals surface area contributed by atoms with Crippen LogP contribution in [-0.2, 0) is 11.2 Å². The van der Waals surface area contributed by atoms with Gasteiger partial charge in [0.25, 0.3) is 0 Å². The number of nitrogens with zero attached hydrogens (tertiary/aromatic N) is 5. The standard InChI is InChI=1S/C30H32N6O2S/c1-30(2,3)38-29(37)35-13-11-20(12-14-35)24-17-22(27-28(31)32-18-33-36(24)27)21-9-10-25-23(16-21)34-26(39-25)15-19-7-5-4-6-8-19/h4-10,16-18,20H,11-15H2,1-3H3,(H2,31,32,33). The van der Waals surface area contributed by atoms with Crippen molar-refractivity contribution in [2.45, 2.75) is 51.6 Å². The van der Waals surface area contributed by atoms with Crippen molar-refractivity contribution in [3.63, 3.8) is 0 Å². The van der Waals surface area contributed by atoms with Crippen LogP contribution in [0.1, 0.15) is 55.8 Å². The van der Waals surface area contributed by atoms with Crippen LogP contribution in [0.15, 0.2) is 60.9 Å². The molecule has 200 valence electrons. The minimum atomic E-state index is -0.504. The Bertz CT molecular complexity index is 1650. The van der Waals surface area contributed by atoms with E-state index in [4.69, 9.17) is 15.5 Å². The number of hydrogen-bond donors (Lipinski definition) is 1. The molecule has 3 aromatic heterocycles. The molecule has 0 atom stereocenters. The molecular weight excluding hydrogens is 508 g/mol. The number of likely N-dealkylation sites (tertiary alicyclic amines) is 1. The third-order valence-corrected chi connectivity index (χ3v) is 8.15. The normalized spacial score (nSPS) is 14.8. The van der Waals surface area contributed by atoms with Crippen LogP contribution in [0.5, 0.6) is 0 Å². The van der Waals surface area contributed by atoms with Crippen LogP contribution in [0.25, 0.3) is 26.9 Å². The average molecular weight is 541 g/mol. The van der Waals surface area contributed by atoms with E-state index in [1.165, 1.54) is 11.9 Å². The Hall–Kier alpha value is -3.98. The molecule has 39 heavy (non-hydrogen) atoms. The highest BCUT2D eigenvalue weighted by atomic mass is 32.1. The summed E-state index contributed by atoms with van der Waals surface area (Å²) < 4.78 is 8.66. The van der Waals surface area contributed by atoms with E-state index in [2.05, 4.69) is 58.6 Å². The number of piperidine rings is 1. The number of nitrogen functional groups attached to an aromatic ring is 1. The zero-order valence-electron chi connectivity index (χ0n) is 22.4. The maximum absolute atomic E-state index is 12.6. The molecule has 1 saturated heterocycles. The highest BCUT2D eigenvalue weighted by Crippen LogP contribution is 2.38. The molecule has 6 rings (SSSR count). The molecule has 1 fully saturated rings. The Morgan fingerprint density at radius 3 is 2.62 bits per heavy atom. The van der Waals surface area contributed by atoms with Crippen molar-refractivity contribution in [3.8, 4) is 11.1 Å². The summed E-state index contributed by atoms with van der Waals surface area (Å²) in [6.07, 6.45) is 3.71. The second-order valence-corrected chi connectivity index (χ2v) is 12.2. The molecule has 9 heteroatoms. The monoisotopic (exact) mass is 540 g/mol. The Kier molecular flexibility index (Phi) is 6.46. The maximum Gasteiger partial charge on any atom is 0.410 e. The summed E-state index contributed by atoms with van der Waals surface area (Å²) in [6.45, 7) is 6.95. The number of nitrogens with two attached hydrogens (primary N) is 1. The average Bonchev–Trinajstić information content (AvgIpc) is 3.50. The van der Waals surface area contributed by atoms with Crippen LogP contribution < -0.4 is 5.73 Å². The molecule has 1 aliphatic heterocycles. The molecule has 1 aliphatic rings. The van der Waals surface area contributed by atoms with E-state index in [0.717, 1.165) is 56.8 Å². The molecule has 0 saturated carbocycles. The zero-order chi connectivity index (χ0) is 27.1. The number of anilines is 1. The first kappa shape index (κ1) is 25.3. The first-order valence-electron chi connectivity index (χ1n) is 13.3. The first-order valence-corrected chi connectivity index (χ1v) is 14.1. The fraction of sp³-hybridized carbons (Fsp3) is 0.333. The highest BCUT2D eigenvalue weighted by molar-refractivity contribution is 7.18. The number of carbonyl (C=O) groups excluding carboxylic acids is 1. The van der Waals surface area contributed by atoms with Gasteiger partial charge in [-0.3, -0.25) is 0 Å². The number of thiazole rings is 1. The van der Waals surface area contributed by atoms with Crippen molar-refractivity contribution in [2.75, 3.05) is 18.8 Å². The van der Waals surface area contributed by atoms with Gasteiger partial charge in [-0.1, -0.05) is 36.4 Å². The van der Waals surface area contributed by atoms with E-state index in [9.17, 15) is 4.79 Å². The van der Waals surface area contributed by atoms with E-state index in [0.29, 0.717) is 18.9 Å². The Morgan fingerprint density at radius 1 is 1.10 bits per heavy atom. The predicted molar refractivity (Wildman–Crippen MR) is 155 cm³/mol. The second-order valence-electron chi connectivity index (χ2n) is 11.1. The van der Waals surface area contributed by atoms with E-state index < -0.39 is 5.60 Å². The lowest BCUT2D eigenvalue weighted by atomic mass is 9.93. The number of benzene rings is 2. The summed E-state index contributed by atoms with van der Waals surface area (Å²) in [5, 5.41) is 5.68. The Balaban J connectivity index is 1.30. The van der Waals surface area contributed by atoms with Gasteiger partial charge in [-0.15, -0.1) is 11.3 Å². The predicted octanol–water partition coefficient (Wildman–Crippen LogP) is 6.29. The number of rotatable bonds is 4. The molecule has 2 aromatic carbocycles. The van der Waals surface area contributed by atoms with Crippen molar-refractivity contribution < 1.29 is 9.53 Å². The topological polar surface area (TPSA) is 98.6 Å². The molecular formula is C30H32N6O2S. The van der Waals surface area contributed by atoms with Gasteiger partial charge in [0, 0.05) is 36.7 Å². The molecule has 0 bridgehead atoms. The lowest BCUT2D eigenvalue weighted by molar-refractivity contribution is 0.0203. The van der Waals surface area contributed by atoms with Gasteiger partial charge >= 0.3 is 6.09 Å². The molecule has 0 unspecified atom stereocenters. The summed E-state index contributed by atoms with van der Waals surface area (Å²) in [7, 11) is 0. The van der Waals surface area contributed by atoms with Gasteiger partial charge in [0.05, 0.1) is 15.2 Å². The fourth-order valence-corrected chi connectivity index (χ4v) is 6.26. The van der Waals surface area contributed by atoms with E-state index >= 15 is 0 Å². The summed E-state index contributed by atoms with van der Waals surface area (Å²) in [5.41, 5.74) is 12.1. The van der Waals surface area contributed by atoms with Gasteiger partial charge in [0.15, 0.2) is 5.82 Å². The van der Waals surface area contributed by atoms with Crippen molar-refractivity contribution >= 4 is 39.0 Å². The van der Waals surface area contributed by atoms with Crippen molar-refractivity contribution in [1.82, 2.24) is 24.5 Å². The Morgan fingerprint density at radius 2 is 1.87 bits per heavy atom. The zero-order valence-corrected chi connectivity index (χ0v) is 23.2. The minimum Gasteiger partial charge on any atom is -0.444 e. The quantitative estimate of drug-likeness (QED) is 0.287. The lowest BCUT2D eigenvalue weighted by Crippen LogP contribution is -2.41. The number of hydrogen-bond acceptors (Lipinski definition) is 7. The maximum atomic E-state index is 12.6. The first-order chi connectivity index (χ1) is 18.7. The summed E-state index contributed by atoms with van der Waals surface area (Å²) in [6, 6.07) is 19.0. The largest absolute Gasteiger partial charge is 0.444 e. The number of ether oxygens (including phenoxy) is 1. The van der Waals surface area contributed by atoms with Gasteiger partial charge < -0.3 is 15.4 Å². The molecule has 8 nitrogen and oxygen atoms in total. The van der Waals surface area contributed by atoms with Crippen molar-refractivity contribution in [1.29, 1.82) is 0 Å². The van der Waals surface area contributed by atoms with Crippen molar-refractivity contribution in [2.24, 2.45) is 0 Å². The lowest BCUT2D eigenvalue weighted by Gasteiger charge is -2.33. The number of carbonyl (C=O) groups is 1. The van der Waals surface area contributed by atoms with Gasteiger partial charge in [0.2, 0.25) is 0 Å². The van der Waals surface area contributed by atoms with Gasteiger partial charge in [0.1, 0.15) is 17.4 Å². The third-order valence-electron chi connectivity index (χ3n) is 7.12. The van der Waals surface area contributed by atoms with Crippen molar-refractivity contribution in [3.05, 3.63) is 77.2 Å². The highest BCUT2D eigenvalue weighted by Gasteiger charge is 2.30. The van der Waals surface area contributed by atoms with Crippen LogP contribution in [0, 0.1) is 0 Å². The third kappa shape index (κ3) is 5.18. The Labute approximate surface area is 231 Å². The van der Waals surface area contributed by atoms with E-state index in [-0.39, 0.29) is 12.0 Å². The van der Waals surface area contributed by atoms with Gasteiger partial charge in [-0.05, 0) is 62.9 Å². The summed E-state index contributed by atoms with van der Waals surface area (Å²) in [4.78, 5) is 23.6. The molecule has 1 amide bonds. The molecule has 0 spiro atoms. The SMILES string of the molecule is CC(C)(C)OC(=O)N1CCC(c2cc(-c3ccc4sc(Cc5ccccc5)nc4c3)c3c(N)ncnn23)CC1. The smallest absolute Gasteiger partial charge is 0.410 e. The van der Waals surface area contributed by atoms with Crippen LogP contribution in [0.3, 0.4) is 0 Å². The van der Waals surface area contributed by atoms with Crippen LogP contribution in [0.2, 0.25) is 0 Å². The number of fused-ring (bicyclic) bond motifs is 2. The van der Waals surface area contributed by atoms with Crippen LogP contribution in [-0.4, -0.2) is 49.3 Å². The molecule has 2 N–H and O–H groups in total. The molecule has 0 radical (unpaired) electrons. The van der Waals surface area contributed by atoms with E-state index in [1.54, 1.807) is 16.2 Å². The summed E-state index contributed by atoms with van der Waals surface area (Å²) in [5.74, 6) is 0.681. The molecule has 5 aromatic rings. The van der Waals surface area contributed by atoms with Crippen LogP contribution >= 0.6 is 11.3 Å². The summed E-state index contributed by atoms with van der Waals surface area (Å²) >= 11 is 1.73.